The van der Waals surface area contributed by atoms with Crippen molar-refractivity contribution in [3.8, 4) is 0 Å². The van der Waals surface area contributed by atoms with Gasteiger partial charge in [0.05, 0.1) is 10.6 Å². The number of rotatable bonds is 7. The van der Waals surface area contributed by atoms with E-state index in [4.69, 9.17) is 0 Å². The van der Waals surface area contributed by atoms with E-state index < -0.39 is 0 Å². The number of anilines is 1. The zero-order valence-corrected chi connectivity index (χ0v) is 22.6. The fraction of sp³-hybridized carbons (Fsp3) is 0.556. The summed E-state index contributed by atoms with van der Waals surface area (Å²) in [6.45, 7) is 8.77. The lowest BCUT2D eigenvalue weighted by Crippen LogP contribution is -2.56. The largest absolute Gasteiger partial charge is 0.342 e. The Labute approximate surface area is 221 Å². The summed E-state index contributed by atoms with van der Waals surface area (Å²) < 4.78 is 13.3. The highest BCUT2D eigenvalue weighted by atomic mass is 32.1. The van der Waals surface area contributed by atoms with Gasteiger partial charge in [-0.25, -0.2) is 14.2 Å². The minimum absolute atomic E-state index is 0.0516. The summed E-state index contributed by atoms with van der Waals surface area (Å²) in [6.07, 6.45) is 3.83. The van der Waals surface area contributed by atoms with Gasteiger partial charge in [-0.05, 0) is 62.8 Å². The molecule has 2 N–H and O–H groups in total. The average Bonchev–Trinajstić information content (AvgIpc) is 3.21. The highest BCUT2D eigenvalue weighted by Gasteiger charge is 2.34. The van der Waals surface area contributed by atoms with Crippen molar-refractivity contribution in [3.05, 3.63) is 46.2 Å². The predicted octanol–water partition coefficient (Wildman–Crippen LogP) is 4.11. The molecule has 3 atom stereocenters. The van der Waals surface area contributed by atoms with Gasteiger partial charge in [0.15, 0.2) is 10.9 Å². The number of thiazole rings is 1. The Kier molecular flexibility index (Phi) is 8.91. The number of nitrogens with one attached hydrogen (secondary N) is 2. The number of hydrogen-bond donors (Lipinski definition) is 2. The van der Waals surface area contributed by atoms with E-state index in [0.29, 0.717) is 41.1 Å². The molecule has 2 saturated heterocycles. The highest BCUT2D eigenvalue weighted by molar-refractivity contribution is 7.17. The highest BCUT2D eigenvalue weighted by Crippen LogP contribution is 2.26. The molecular weight excluding hydrogens is 493 g/mol. The molecule has 10 heteroatoms. The Bertz CT molecular complexity index is 1120. The summed E-state index contributed by atoms with van der Waals surface area (Å²) in [4.78, 5) is 45.9. The van der Waals surface area contributed by atoms with E-state index in [1.54, 1.807) is 13.8 Å². The van der Waals surface area contributed by atoms with Gasteiger partial charge in [-0.3, -0.25) is 14.9 Å². The van der Waals surface area contributed by atoms with Crippen molar-refractivity contribution < 1.29 is 18.8 Å². The lowest BCUT2D eigenvalue weighted by Gasteiger charge is -2.42. The minimum atomic E-state index is -0.344. The second-order valence-electron chi connectivity index (χ2n) is 10.3. The van der Waals surface area contributed by atoms with Crippen LogP contribution >= 0.6 is 11.3 Å². The first-order valence-corrected chi connectivity index (χ1v) is 13.8. The van der Waals surface area contributed by atoms with Crippen LogP contribution in [0.15, 0.2) is 24.3 Å². The SMILES string of the molecule is CC(=O)c1sc(NC(=O)NC2CCN(C(C)=O)CC2CN2CCC[C@@H](Cc3ccc(F)cc3)C2)nc1C. The van der Waals surface area contributed by atoms with Crippen LogP contribution in [-0.4, -0.2) is 71.3 Å². The molecule has 4 rings (SSSR count). The van der Waals surface area contributed by atoms with Crippen LogP contribution < -0.4 is 10.6 Å². The first-order chi connectivity index (χ1) is 17.7. The van der Waals surface area contributed by atoms with Crippen LogP contribution in [0, 0.1) is 24.6 Å². The normalized spacial score (nSPS) is 22.5. The number of aromatic nitrogens is 1. The van der Waals surface area contributed by atoms with Gasteiger partial charge in [0.2, 0.25) is 5.91 Å². The molecule has 2 aliphatic heterocycles. The number of ketones is 1. The van der Waals surface area contributed by atoms with Gasteiger partial charge < -0.3 is 15.1 Å². The number of hydrogen-bond acceptors (Lipinski definition) is 6. The van der Waals surface area contributed by atoms with Crippen LogP contribution in [-0.2, 0) is 11.2 Å². The fourth-order valence-electron chi connectivity index (χ4n) is 5.54. The van der Waals surface area contributed by atoms with Crippen LogP contribution in [0.1, 0.15) is 54.0 Å². The Hall–Kier alpha value is -2.85. The van der Waals surface area contributed by atoms with Crippen molar-refractivity contribution in [2.24, 2.45) is 11.8 Å². The Balaban J connectivity index is 1.38. The number of aryl methyl sites for hydroxylation is 1. The second kappa shape index (κ2) is 12.1. The standard InChI is InChI=1S/C27H36FN5O3S/c1-17-25(18(2)34)37-27(29-17)31-26(36)30-24-10-12-33(19(3)35)16-22(24)15-32-11-4-5-21(14-32)13-20-6-8-23(28)9-7-20/h6-9,21-22,24H,4-5,10-16H2,1-3H3,(H2,29,30,31,36)/t21-,22?,24?/m0/s1. The molecule has 1 aromatic heterocycles. The number of likely N-dealkylation sites (tertiary alicyclic amines) is 2. The maximum atomic E-state index is 13.3. The van der Waals surface area contributed by atoms with Crippen molar-refractivity contribution in [1.82, 2.24) is 20.1 Å². The summed E-state index contributed by atoms with van der Waals surface area (Å²) >= 11 is 1.18. The zero-order valence-electron chi connectivity index (χ0n) is 21.8. The smallest absolute Gasteiger partial charge is 0.321 e. The first kappa shape index (κ1) is 27.2. The summed E-state index contributed by atoms with van der Waals surface area (Å²) in [5.74, 6) is 0.354. The number of piperidine rings is 2. The van der Waals surface area contributed by atoms with Gasteiger partial charge >= 0.3 is 6.03 Å². The molecule has 0 saturated carbocycles. The predicted molar refractivity (Wildman–Crippen MR) is 142 cm³/mol. The van der Waals surface area contributed by atoms with E-state index in [1.165, 1.54) is 30.4 Å². The lowest BCUT2D eigenvalue weighted by atomic mass is 9.88. The number of amides is 3. The van der Waals surface area contributed by atoms with Crippen LogP contribution in [0.25, 0.3) is 0 Å². The molecular formula is C27H36FN5O3S. The number of carbonyl (C=O) groups excluding carboxylic acids is 3. The fourth-order valence-corrected chi connectivity index (χ4v) is 6.40. The Morgan fingerprint density at radius 1 is 1.11 bits per heavy atom. The van der Waals surface area contributed by atoms with Gasteiger partial charge in [-0.1, -0.05) is 23.5 Å². The maximum Gasteiger partial charge on any atom is 0.321 e. The first-order valence-electron chi connectivity index (χ1n) is 13.0. The quantitative estimate of drug-likeness (QED) is 0.527. The van der Waals surface area contributed by atoms with Gasteiger partial charge in [0.1, 0.15) is 5.82 Å². The van der Waals surface area contributed by atoms with E-state index in [1.807, 2.05) is 17.0 Å². The van der Waals surface area contributed by atoms with E-state index in [2.05, 4.69) is 20.5 Å². The third-order valence-corrected chi connectivity index (χ3v) is 8.54. The van der Waals surface area contributed by atoms with Gasteiger partial charge in [0.25, 0.3) is 0 Å². The molecule has 2 aromatic rings. The van der Waals surface area contributed by atoms with Crippen LogP contribution in [0.4, 0.5) is 14.3 Å². The number of carbonyl (C=O) groups is 3. The van der Waals surface area contributed by atoms with E-state index in [-0.39, 0.29) is 35.5 Å². The number of benzene rings is 1. The van der Waals surface area contributed by atoms with Crippen LogP contribution in [0.3, 0.4) is 0 Å². The van der Waals surface area contributed by atoms with E-state index in [0.717, 1.165) is 44.5 Å². The monoisotopic (exact) mass is 529 g/mol. The molecule has 0 aliphatic carbocycles. The van der Waals surface area contributed by atoms with Gasteiger partial charge in [0, 0.05) is 52.0 Å². The molecule has 2 fully saturated rings. The molecule has 2 unspecified atom stereocenters. The Morgan fingerprint density at radius 3 is 2.54 bits per heavy atom. The molecule has 3 amide bonds. The number of halogens is 1. The topological polar surface area (TPSA) is 94.6 Å². The van der Waals surface area contributed by atoms with Crippen molar-refractivity contribution in [2.45, 2.75) is 52.5 Å². The molecule has 0 spiro atoms. The van der Waals surface area contributed by atoms with E-state index >= 15 is 0 Å². The molecule has 1 aromatic carbocycles. The minimum Gasteiger partial charge on any atom is -0.342 e. The van der Waals surface area contributed by atoms with Crippen LogP contribution in [0.2, 0.25) is 0 Å². The van der Waals surface area contributed by atoms with Crippen molar-refractivity contribution in [1.29, 1.82) is 0 Å². The molecule has 37 heavy (non-hydrogen) atoms. The van der Waals surface area contributed by atoms with Crippen molar-refractivity contribution in [2.75, 3.05) is 38.0 Å². The molecule has 0 bridgehead atoms. The van der Waals surface area contributed by atoms with Crippen LogP contribution in [0.5, 0.6) is 0 Å². The molecule has 3 heterocycles. The molecule has 200 valence electrons. The molecule has 0 radical (unpaired) electrons. The molecule has 2 aliphatic rings. The summed E-state index contributed by atoms with van der Waals surface area (Å²) in [5.41, 5.74) is 1.76. The Morgan fingerprint density at radius 2 is 1.86 bits per heavy atom. The summed E-state index contributed by atoms with van der Waals surface area (Å²) in [6, 6.07) is 6.33. The number of Topliss-reactive ketones (excluding diaryl/α,β-unsaturated/α-hetero) is 1. The number of urea groups is 1. The summed E-state index contributed by atoms with van der Waals surface area (Å²) in [7, 11) is 0. The van der Waals surface area contributed by atoms with Crippen molar-refractivity contribution in [3.63, 3.8) is 0 Å². The number of nitrogens with zero attached hydrogens (tertiary/aromatic N) is 3. The molecule has 8 nitrogen and oxygen atoms in total. The third kappa shape index (κ3) is 7.35. The van der Waals surface area contributed by atoms with Gasteiger partial charge in [-0.2, -0.15) is 0 Å². The maximum absolute atomic E-state index is 13.3. The summed E-state index contributed by atoms with van der Waals surface area (Å²) in [5, 5.41) is 6.30. The average molecular weight is 530 g/mol. The third-order valence-electron chi connectivity index (χ3n) is 7.37. The second-order valence-corrected chi connectivity index (χ2v) is 11.3. The van der Waals surface area contributed by atoms with Gasteiger partial charge in [-0.15, -0.1) is 0 Å². The zero-order chi connectivity index (χ0) is 26.5. The van der Waals surface area contributed by atoms with E-state index in [9.17, 15) is 18.8 Å². The van der Waals surface area contributed by atoms with Crippen molar-refractivity contribution >= 4 is 34.2 Å². The lowest BCUT2D eigenvalue weighted by molar-refractivity contribution is -0.131.